The summed E-state index contributed by atoms with van der Waals surface area (Å²) in [5, 5.41) is 0.391. The van der Waals surface area contributed by atoms with Gasteiger partial charge in [0, 0.05) is 13.2 Å². The van der Waals surface area contributed by atoms with Gasteiger partial charge < -0.3 is 14.0 Å². The number of methoxy groups -OCH3 is 1. The maximum atomic E-state index is 12.8. The SMILES string of the molecule is CCOCCn1c(=NC(=O)c2nc3ccccc3s2)sc2cccc(OC)c21. The molecule has 0 aliphatic rings. The van der Waals surface area contributed by atoms with Gasteiger partial charge in [-0.3, -0.25) is 4.79 Å². The summed E-state index contributed by atoms with van der Waals surface area (Å²) in [5.74, 6) is 0.413. The van der Waals surface area contributed by atoms with Crippen LogP contribution in [0.4, 0.5) is 0 Å². The van der Waals surface area contributed by atoms with E-state index in [1.165, 1.54) is 22.7 Å². The summed E-state index contributed by atoms with van der Waals surface area (Å²) in [7, 11) is 1.64. The molecule has 0 unspecified atom stereocenters. The van der Waals surface area contributed by atoms with Gasteiger partial charge in [0.1, 0.15) is 11.3 Å². The molecule has 28 heavy (non-hydrogen) atoms. The van der Waals surface area contributed by atoms with Crippen LogP contribution in [0.25, 0.3) is 20.4 Å². The van der Waals surface area contributed by atoms with Crippen molar-refractivity contribution in [3.8, 4) is 5.75 Å². The van der Waals surface area contributed by atoms with E-state index in [2.05, 4.69) is 9.98 Å². The lowest BCUT2D eigenvalue weighted by atomic mass is 10.3. The van der Waals surface area contributed by atoms with Crippen LogP contribution in [-0.2, 0) is 11.3 Å². The van der Waals surface area contributed by atoms with Crippen molar-refractivity contribution < 1.29 is 14.3 Å². The zero-order valence-electron chi connectivity index (χ0n) is 15.5. The standard InChI is InChI=1S/C20H19N3O3S2/c1-3-26-12-11-23-17-14(25-2)8-6-10-16(17)28-20(23)22-18(24)19-21-13-7-4-5-9-15(13)27-19/h4-10H,3,11-12H2,1-2H3. The number of hydrogen-bond donors (Lipinski definition) is 0. The van der Waals surface area contributed by atoms with Crippen molar-refractivity contribution in [2.45, 2.75) is 13.5 Å². The molecule has 6 nitrogen and oxygen atoms in total. The number of fused-ring (bicyclic) bond motifs is 2. The number of thiazole rings is 2. The molecule has 4 rings (SSSR count). The quantitative estimate of drug-likeness (QED) is 0.447. The van der Waals surface area contributed by atoms with Crippen LogP contribution in [0.5, 0.6) is 5.75 Å². The zero-order chi connectivity index (χ0) is 19.5. The fourth-order valence-electron chi connectivity index (χ4n) is 2.95. The van der Waals surface area contributed by atoms with Crippen molar-refractivity contribution in [2.75, 3.05) is 20.3 Å². The van der Waals surface area contributed by atoms with Crippen LogP contribution < -0.4 is 9.54 Å². The van der Waals surface area contributed by atoms with Crippen molar-refractivity contribution in [3.05, 3.63) is 52.3 Å². The minimum absolute atomic E-state index is 0.336. The van der Waals surface area contributed by atoms with Crippen molar-refractivity contribution >= 4 is 49.0 Å². The molecule has 0 N–H and O–H groups in total. The lowest BCUT2D eigenvalue weighted by Crippen LogP contribution is -2.20. The lowest BCUT2D eigenvalue weighted by molar-refractivity contribution is 0.0996. The Morgan fingerprint density at radius 2 is 1.96 bits per heavy atom. The Kier molecular flexibility index (Phi) is 5.52. The summed E-state index contributed by atoms with van der Waals surface area (Å²) >= 11 is 2.82. The van der Waals surface area contributed by atoms with E-state index >= 15 is 0 Å². The predicted octanol–water partition coefficient (Wildman–Crippen LogP) is 4.10. The van der Waals surface area contributed by atoms with Crippen LogP contribution >= 0.6 is 22.7 Å². The third-order valence-corrected chi connectivity index (χ3v) is 6.29. The van der Waals surface area contributed by atoms with E-state index in [1.54, 1.807) is 7.11 Å². The van der Waals surface area contributed by atoms with Gasteiger partial charge in [-0.15, -0.1) is 11.3 Å². The average Bonchev–Trinajstić information content (AvgIpc) is 3.29. The summed E-state index contributed by atoms with van der Waals surface area (Å²) in [4.78, 5) is 22.2. The third kappa shape index (κ3) is 3.58. The number of ether oxygens (including phenoxy) is 2. The van der Waals surface area contributed by atoms with Crippen molar-refractivity contribution in [2.24, 2.45) is 4.99 Å². The second kappa shape index (κ2) is 8.22. The molecule has 0 saturated heterocycles. The maximum Gasteiger partial charge on any atom is 0.308 e. The van der Waals surface area contributed by atoms with Crippen LogP contribution in [0.15, 0.2) is 47.5 Å². The minimum atomic E-state index is -0.336. The highest BCUT2D eigenvalue weighted by Crippen LogP contribution is 2.27. The summed E-state index contributed by atoms with van der Waals surface area (Å²) in [5.41, 5.74) is 1.74. The molecule has 0 spiro atoms. The number of para-hydroxylation sites is 2. The Hall–Kier alpha value is -2.55. The molecule has 0 atom stereocenters. The zero-order valence-corrected chi connectivity index (χ0v) is 17.2. The summed E-state index contributed by atoms with van der Waals surface area (Å²) in [6.45, 7) is 3.71. The van der Waals surface area contributed by atoms with E-state index in [0.717, 1.165) is 26.2 Å². The maximum absolute atomic E-state index is 12.8. The fraction of sp³-hybridized carbons (Fsp3) is 0.250. The number of rotatable bonds is 6. The first kappa shape index (κ1) is 18.8. The summed E-state index contributed by atoms with van der Waals surface area (Å²) in [6, 6.07) is 13.5. The van der Waals surface area contributed by atoms with Gasteiger partial charge in [-0.25, -0.2) is 4.98 Å². The molecular weight excluding hydrogens is 394 g/mol. The number of hydrogen-bond acceptors (Lipinski definition) is 6. The summed E-state index contributed by atoms with van der Waals surface area (Å²) in [6.07, 6.45) is 0. The van der Waals surface area contributed by atoms with Crippen LogP contribution in [0.3, 0.4) is 0 Å². The molecule has 2 aromatic heterocycles. The Balaban J connectivity index is 1.81. The normalized spacial score (nSPS) is 12.1. The highest BCUT2D eigenvalue weighted by atomic mass is 32.1. The molecule has 8 heteroatoms. The summed E-state index contributed by atoms with van der Waals surface area (Å²) < 4.78 is 15.0. The van der Waals surface area contributed by atoms with Gasteiger partial charge >= 0.3 is 5.91 Å². The number of nitrogens with zero attached hydrogens (tertiary/aromatic N) is 3. The van der Waals surface area contributed by atoms with Crippen LogP contribution in [0.1, 0.15) is 16.7 Å². The Morgan fingerprint density at radius 1 is 1.14 bits per heavy atom. The van der Waals surface area contributed by atoms with Gasteiger partial charge in [-0.05, 0) is 31.2 Å². The van der Waals surface area contributed by atoms with Gasteiger partial charge in [-0.1, -0.05) is 29.5 Å². The molecule has 2 aromatic carbocycles. The predicted molar refractivity (Wildman–Crippen MR) is 112 cm³/mol. The van der Waals surface area contributed by atoms with E-state index < -0.39 is 0 Å². The monoisotopic (exact) mass is 413 g/mol. The van der Waals surface area contributed by atoms with E-state index in [0.29, 0.717) is 29.6 Å². The second-order valence-corrected chi connectivity index (χ2v) is 7.98. The first-order chi connectivity index (χ1) is 13.7. The molecule has 2 heterocycles. The lowest BCUT2D eigenvalue weighted by Gasteiger charge is -2.08. The smallest absolute Gasteiger partial charge is 0.308 e. The number of amides is 1. The number of carbonyl (C=O) groups is 1. The molecule has 0 aliphatic heterocycles. The fourth-order valence-corrected chi connectivity index (χ4v) is 4.88. The molecule has 144 valence electrons. The third-order valence-electron chi connectivity index (χ3n) is 4.22. The van der Waals surface area contributed by atoms with Gasteiger partial charge in [-0.2, -0.15) is 4.99 Å². The number of benzene rings is 2. The van der Waals surface area contributed by atoms with E-state index in [1.807, 2.05) is 54.0 Å². The highest BCUT2D eigenvalue weighted by molar-refractivity contribution is 7.20. The average molecular weight is 414 g/mol. The first-order valence-corrected chi connectivity index (χ1v) is 10.5. The van der Waals surface area contributed by atoms with Crippen LogP contribution in [0, 0.1) is 0 Å². The van der Waals surface area contributed by atoms with E-state index in [4.69, 9.17) is 9.47 Å². The van der Waals surface area contributed by atoms with E-state index in [-0.39, 0.29) is 5.91 Å². The van der Waals surface area contributed by atoms with Gasteiger partial charge in [0.15, 0.2) is 9.81 Å². The molecular formula is C20H19N3O3S2. The Bertz CT molecular complexity index is 1170. The second-order valence-electron chi connectivity index (χ2n) is 5.94. The van der Waals surface area contributed by atoms with Crippen molar-refractivity contribution in [3.63, 3.8) is 0 Å². The first-order valence-electron chi connectivity index (χ1n) is 8.90. The molecule has 0 aliphatic carbocycles. The van der Waals surface area contributed by atoms with Gasteiger partial charge in [0.05, 0.1) is 28.6 Å². The Morgan fingerprint density at radius 3 is 2.75 bits per heavy atom. The topological polar surface area (TPSA) is 65.7 Å². The molecule has 1 amide bonds. The largest absolute Gasteiger partial charge is 0.495 e. The number of carbonyl (C=O) groups excluding carboxylic acids is 1. The molecule has 0 fully saturated rings. The van der Waals surface area contributed by atoms with Gasteiger partial charge in [0.2, 0.25) is 0 Å². The molecule has 0 radical (unpaired) electrons. The van der Waals surface area contributed by atoms with E-state index in [9.17, 15) is 4.79 Å². The van der Waals surface area contributed by atoms with Crippen LogP contribution in [0.2, 0.25) is 0 Å². The van der Waals surface area contributed by atoms with Crippen molar-refractivity contribution in [1.29, 1.82) is 0 Å². The number of aromatic nitrogens is 2. The molecule has 0 saturated carbocycles. The minimum Gasteiger partial charge on any atom is -0.495 e. The van der Waals surface area contributed by atoms with Crippen molar-refractivity contribution in [1.82, 2.24) is 9.55 Å². The molecule has 4 aromatic rings. The van der Waals surface area contributed by atoms with Gasteiger partial charge in [0.25, 0.3) is 0 Å². The molecule has 0 bridgehead atoms. The highest BCUT2D eigenvalue weighted by Gasteiger charge is 2.15. The van der Waals surface area contributed by atoms with Crippen LogP contribution in [-0.4, -0.2) is 35.8 Å². The Labute approximate surface area is 169 Å².